The molecule has 87 heavy (non-hydrogen) atoms. The van der Waals surface area contributed by atoms with Crippen LogP contribution >= 0.6 is 0 Å². The molecule has 36 atom stereocenters. The molecule has 39 nitrogen and oxygen atoms in total. The van der Waals surface area contributed by atoms with Crippen LogP contribution in [-0.2, 0) is 85.4 Å². The van der Waals surface area contributed by atoms with E-state index in [0.717, 1.165) is 0 Å². The molecule has 0 aromatic carbocycles. The maximum atomic E-state index is 13.0. The monoisotopic (exact) mass is 1280 g/mol. The number of hydrogen-bond donors (Lipinski definition) is 21. The highest BCUT2D eigenvalue weighted by Gasteiger charge is 2.59. The summed E-state index contributed by atoms with van der Waals surface area (Å²) in [6, 6.07) is 0. The van der Waals surface area contributed by atoms with E-state index in [-0.39, 0.29) is 0 Å². The summed E-state index contributed by atoms with van der Waals surface area (Å²) in [6.07, 6.45) is -76.4. The Labute approximate surface area is 491 Å². The fourth-order valence-electron chi connectivity index (χ4n) is 10.9. The molecule has 21 heterocycles. The van der Waals surface area contributed by atoms with Gasteiger partial charge in [0.2, 0.25) is 0 Å². The van der Waals surface area contributed by atoms with Crippen LogP contribution in [0.4, 0.5) is 0 Å². The summed E-state index contributed by atoms with van der Waals surface area (Å²) in [5, 5.41) is 232. The molecule has 0 aliphatic carbocycles. The quantitative estimate of drug-likeness (QED) is 0.0807. The summed E-state index contributed by atoms with van der Waals surface area (Å²) in [4.78, 5) is 25.1. The van der Waals surface area contributed by atoms with Gasteiger partial charge in [-0.1, -0.05) is 0 Å². The molecule has 504 valence electrons. The summed E-state index contributed by atoms with van der Waals surface area (Å²) in [6.45, 7) is -5.58. The second-order valence-electron chi connectivity index (χ2n) is 21.9. The van der Waals surface area contributed by atoms with Crippen molar-refractivity contribution < 1.29 is 193 Å². The Morgan fingerprint density at radius 2 is 0.529 bits per heavy atom. The minimum absolute atomic E-state index is 0.408. The van der Waals surface area contributed by atoms with Crippen LogP contribution in [0.1, 0.15) is 19.8 Å². The Hall–Kier alpha value is -2.46. The first-order chi connectivity index (χ1) is 41.3. The van der Waals surface area contributed by atoms with Crippen molar-refractivity contribution in [1.82, 2.24) is 0 Å². The van der Waals surface area contributed by atoms with E-state index in [0.29, 0.717) is 0 Å². The predicted molar refractivity (Wildman–Crippen MR) is 259 cm³/mol. The number of aliphatic hydroxyl groups is 21. The minimum atomic E-state index is -2.39. The van der Waals surface area contributed by atoms with Gasteiger partial charge in [0.05, 0.1) is 52.0 Å². The van der Waals surface area contributed by atoms with Crippen molar-refractivity contribution in [2.24, 2.45) is 0 Å². The van der Waals surface area contributed by atoms with Crippen LogP contribution in [0.3, 0.4) is 0 Å². The van der Waals surface area contributed by atoms with Gasteiger partial charge in [-0.05, 0) is 6.92 Å². The molecular weight excluding hydrogens is 1200 g/mol. The molecule has 0 aromatic rings. The molecule has 0 spiro atoms. The highest BCUT2D eigenvalue weighted by Crippen LogP contribution is 2.39. The molecule has 0 saturated carbocycles. The highest BCUT2D eigenvalue weighted by molar-refractivity contribution is 5.77. The molecule has 14 bridgehead atoms. The fraction of sp³-hybridized carbons (Fsp3) is 0.958. The third-order valence-corrected chi connectivity index (χ3v) is 15.7. The summed E-state index contributed by atoms with van der Waals surface area (Å²) < 4.78 is 89.6. The van der Waals surface area contributed by atoms with Crippen molar-refractivity contribution in [3.8, 4) is 0 Å². The van der Waals surface area contributed by atoms with Crippen molar-refractivity contribution in [2.45, 2.75) is 241 Å². The maximum Gasteiger partial charge on any atom is 0.306 e. The molecule has 39 heteroatoms. The maximum absolute atomic E-state index is 13.0. The zero-order chi connectivity index (χ0) is 63.6. The molecular formula is C48H78O39. The predicted octanol–water partition coefficient (Wildman–Crippen LogP) is -15.0. The Kier molecular flexibility index (Phi) is 24.7. The summed E-state index contributed by atoms with van der Waals surface area (Å²) in [7, 11) is 0. The first-order valence-corrected chi connectivity index (χ1v) is 27.7. The van der Waals surface area contributed by atoms with Crippen molar-refractivity contribution in [3.63, 3.8) is 0 Å². The van der Waals surface area contributed by atoms with E-state index in [2.05, 4.69) is 0 Å². The van der Waals surface area contributed by atoms with Gasteiger partial charge in [0.1, 0.15) is 178 Å². The van der Waals surface area contributed by atoms with Gasteiger partial charge in [-0.3, -0.25) is 9.59 Å². The Balaban J connectivity index is 1.08. The zero-order valence-corrected chi connectivity index (χ0v) is 45.9. The zero-order valence-electron chi connectivity index (χ0n) is 45.9. The molecule has 0 aromatic heterocycles. The number of hydrogen-bond acceptors (Lipinski definition) is 39. The number of ether oxygens (including phenoxy) is 16. The van der Waals surface area contributed by atoms with Crippen LogP contribution in [0.5, 0.6) is 0 Å². The average Bonchev–Trinajstić information content (AvgIpc) is 1.08. The van der Waals surface area contributed by atoms with Crippen molar-refractivity contribution in [3.05, 3.63) is 0 Å². The Bertz CT molecular complexity index is 2150. The topological polar surface area (TPSA) is 607 Å². The van der Waals surface area contributed by atoms with Gasteiger partial charge < -0.3 is 183 Å². The first-order valence-electron chi connectivity index (χ1n) is 27.7. The van der Waals surface area contributed by atoms with Crippen LogP contribution in [0.15, 0.2) is 0 Å². The largest absolute Gasteiger partial charge is 0.463 e. The number of esters is 2. The third-order valence-electron chi connectivity index (χ3n) is 15.7. The second-order valence-corrected chi connectivity index (χ2v) is 21.9. The van der Waals surface area contributed by atoms with Gasteiger partial charge in [0.25, 0.3) is 0 Å². The van der Waals surface area contributed by atoms with Crippen molar-refractivity contribution in [2.75, 3.05) is 46.2 Å². The first kappa shape index (κ1) is 70.4. The van der Waals surface area contributed by atoms with Gasteiger partial charge in [0, 0.05) is 0 Å². The molecule has 21 saturated heterocycles. The number of aliphatic hydroxyl groups excluding tert-OH is 21. The lowest BCUT2D eigenvalue weighted by Gasteiger charge is -2.50. The van der Waals surface area contributed by atoms with E-state index in [9.17, 15) is 117 Å². The molecule has 21 fully saturated rings. The number of rotatable bonds is 12. The van der Waals surface area contributed by atoms with E-state index in [1.165, 1.54) is 6.92 Å². The lowest BCUT2D eigenvalue weighted by molar-refractivity contribution is -0.409. The van der Waals surface area contributed by atoms with Crippen LogP contribution in [0.25, 0.3) is 0 Å². The fourth-order valence-corrected chi connectivity index (χ4v) is 10.9. The molecule has 21 aliphatic heterocycles. The average molecular weight is 1280 g/mol. The van der Waals surface area contributed by atoms with Crippen LogP contribution in [0, 0.1) is 0 Å². The number of carbonyl (C=O) groups is 2. The lowest BCUT2D eigenvalue weighted by Crippen LogP contribution is -2.68. The standard InChI is InChI=1S/C48H78O39/c1-11(54)9-72-18(55)2-3-19(56)73-10-17-39-25(62)32(69)47(79-17)83-37-15(7-52)78-46(31(68)24(37)61)86-40-26(63)33(70)48(87-41(40)71)84-38-16(8-53)76-44(29(66)23(38)60)81-35-13(5-50)74-42(27(64)21(35)58)80-34-12(4-49)75-43(28(65)20(34)57)82-36-14(6-51)77-45(85-39)30(67)22(36)59/h11-17,20-54,57-71H,2-10H2,1H3/t11?,12-,13-,14-,15-,16-,17-,20-,21-,22-,23-,24-,25-,26-,27-,28-,29-,30-,31-,32-,33-,34-,35-,36-,37-,38-,39-,40+,41+,42-,43-,44-,45-,46-,47-,48+/m1/s1. The lowest BCUT2D eigenvalue weighted by atomic mass is 9.95. The van der Waals surface area contributed by atoms with Crippen LogP contribution < -0.4 is 0 Å². The van der Waals surface area contributed by atoms with E-state index in [1.54, 1.807) is 0 Å². The molecule has 0 amide bonds. The van der Waals surface area contributed by atoms with Gasteiger partial charge in [-0.25, -0.2) is 0 Å². The normalized spacial score (nSPS) is 50.6. The van der Waals surface area contributed by atoms with Crippen molar-refractivity contribution >= 4 is 11.9 Å². The second kappa shape index (κ2) is 30.5. The minimum Gasteiger partial charge on any atom is -0.463 e. The van der Waals surface area contributed by atoms with Gasteiger partial charge in [-0.2, -0.15) is 0 Å². The van der Waals surface area contributed by atoms with Gasteiger partial charge >= 0.3 is 11.9 Å². The Morgan fingerprint density at radius 1 is 0.310 bits per heavy atom. The molecule has 21 N–H and O–H groups in total. The highest BCUT2D eigenvalue weighted by atomic mass is 16.8. The smallest absolute Gasteiger partial charge is 0.306 e. The Morgan fingerprint density at radius 3 is 0.793 bits per heavy atom. The van der Waals surface area contributed by atoms with Crippen molar-refractivity contribution in [1.29, 1.82) is 0 Å². The summed E-state index contributed by atoms with van der Waals surface area (Å²) in [5.41, 5.74) is 0. The van der Waals surface area contributed by atoms with E-state index < -0.39 is 292 Å². The third kappa shape index (κ3) is 15.3. The molecule has 0 radical (unpaired) electrons. The summed E-state index contributed by atoms with van der Waals surface area (Å²) in [5.74, 6) is -2.05. The van der Waals surface area contributed by atoms with E-state index in [1.807, 2.05) is 0 Å². The van der Waals surface area contributed by atoms with Crippen LogP contribution in [0.2, 0.25) is 0 Å². The molecule has 21 rings (SSSR count). The number of carbonyl (C=O) groups excluding carboxylic acids is 2. The van der Waals surface area contributed by atoms with Gasteiger partial charge in [-0.15, -0.1) is 0 Å². The SMILES string of the molecule is CC(O)COC(=O)CCC(=O)OC[C@H]1O[C@@H]2O[C@H]3[C@H](O)[C@@H](O)[C@@H](O[C@H]4[C@H](O)[C@@H](O)[C@@H](O[C@H]5[C@H](O)[C@@H](O)[C@@H](O[C@H]6[C@H](O)[C@@H](O)[C@@H](O[C@H]7[C@H](O)[C@@H](O)[C@@H](O[C@H]8[C@H](O)[C@@H](O)[C@@H](O[C@H]1[C@H](O)[C@H]2O)O[C@@H]8CO)O[C@@H]7CO)O[C@@H]6CO)O[C@@H]5CO)O[C@@H]4O)O[C@@H]3CO. The van der Waals surface area contributed by atoms with E-state index in [4.69, 9.17) is 75.8 Å². The molecule has 21 aliphatic rings. The van der Waals surface area contributed by atoms with E-state index >= 15 is 0 Å². The van der Waals surface area contributed by atoms with Crippen LogP contribution in [-0.4, -0.2) is 387 Å². The van der Waals surface area contributed by atoms with Gasteiger partial charge in [0.15, 0.2) is 50.3 Å². The molecule has 1 unspecified atom stereocenters. The summed E-state index contributed by atoms with van der Waals surface area (Å²) >= 11 is 0.